The Morgan fingerprint density at radius 2 is 1.24 bits per heavy atom. The Bertz CT molecular complexity index is 4850. The standard InChI is InChI=1S/C34H33N3O9S.C24H21N3O5.C17H19NO3/c1-21(43-3)16-17-45-33(39)24-8-7-9-27(18-24)47(41,42)36-26-14-12-23(13-15-26)31-29(34(40)46-35-31)19-25-20-37(22(2)32(38)44-4)30-11-6-5-10-28(25)30;1-14-20(22(28)27(25-14)18-10-8-16(9-11-18)23(29)30)12-17-13-26(15(2)24(31)32-3)21-7-5-4-6-19(17)21;1-3-11-7-12(4-2)9-13(8-11)17(21)18-15-10-14(19)5-6-16(15)20/h5-15,18-22,36H,16-17H2,1-4H3;4-13,15H,1-3H3,(H,29,30);5-10,19-20H,3-4H2,1-2H3,(H,18,21). The molecule has 11 rings (SSSR count). The second kappa shape index (κ2) is 31.9. The van der Waals surface area contributed by atoms with Crippen LogP contribution in [-0.4, -0.2) is 120 Å². The molecular weight excluding hydrogens is 1300 g/mol. The maximum atomic E-state index is 13.2. The van der Waals surface area contributed by atoms with Gasteiger partial charge in [-0.15, -0.1) is 0 Å². The van der Waals surface area contributed by atoms with E-state index >= 15 is 0 Å². The molecule has 24 nitrogen and oxygen atoms in total. The Labute approximate surface area is 576 Å². The van der Waals surface area contributed by atoms with Crippen molar-refractivity contribution in [1.29, 1.82) is 0 Å². The number of aromatic carboxylic acids is 1. The summed E-state index contributed by atoms with van der Waals surface area (Å²) in [6.45, 7) is 11.3. The number of nitrogens with zero attached hydrogens (tertiary/aromatic N) is 5. The lowest BCUT2D eigenvalue weighted by molar-refractivity contribution is -0.144. The maximum Gasteiger partial charge on any atom is 0.368 e. The van der Waals surface area contributed by atoms with E-state index in [1.807, 2.05) is 92.2 Å². The first kappa shape index (κ1) is 72.3. The largest absolute Gasteiger partial charge is 0.508 e. The van der Waals surface area contributed by atoms with E-state index in [1.54, 1.807) is 75.1 Å². The molecule has 0 radical (unpaired) electrons. The Balaban J connectivity index is 0.000000190. The lowest BCUT2D eigenvalue weighted by atomic mass is 10.0. The fourth-order valence-electron chi connectivity index (χ4n) is 10.8. The summed E-state index contributed by atoms with van der Waals surface area (Å²) >= 11 is 0. The zero-order valence-electron chi connectivity index (χ0n) is 56.1. The number of para-hydroxylation sites is 2. The Kier molecular flexibility index (Phi) is 23.1. The SMILES string of the molecule is CCc1cc(CC)cc(C(=O)Nc2cc(O)ccc2O)c1.COC(=O)C(C)n1cc(C=C2C(=O)N(c3ccc(C(=O)O)cc3)N=C2C)c2ccccc21.COC(=O)C(C)n1cc(C=C2C(=O)ON=C2c2ccc(NS(=O)(=O)c3cccc(C(=O)OCCC(C)OC)c3)cc2)c2ccccc21. The second-order valence-electron chi connectivity index (χ2n) is 23.1. The van der Waals surface area contributed by atoms with Crippen LogP contribution in [0.2, 0.25) is 0 Å². The number of esters is 3. The number of amides is 2. The van der Waals surface area contributed by atoms with Crippen LogP contribution in [0.25, 0.3) is 34.0 Å². The molecule has 2 aliphatic rings. The van der Waals surface area contributed by atoms with Crippen LogP contribution >= 0.6 is 0 Å². The number of carboxylic acids is 1. The van der Waals surface area contributed by atoms with E-state index < -0.39 is 46.0 Å². The number of phenolic OH excluding ortho intramolecular Hbond substituents is 2. The molecule has 516 valence electrons. The number of aryl methyl sites for hydroxylation is 2. The molecule has 0 aliphatic carbocycles. The fraction of sp³-hybridized carbons (Fsp3) is 0.213. The molecule has 0 fully saturated rings. The number of hydrazone groups is 1. The monoisotopic (exact) mass is 1380 g/mol. The number of rotatable bonds is 21. The molecule has 100 heavy (non-hydrogen) atoms. The number of nitrogens with one attached hydrogen (secondary N) is 2. The highest BCUT2D eigenvalue weighted by atomic mass is 32.2. The van der Waals surface area contributed by atoms with Gasteiger partial charge in [-0.05, 0) is 155 Å². The van der Waals surface area contributed by atoms with Crippen molar-refractivity contribution in [1.82, 2.24) is 9.13 Å². The molecule has 3 atom stereocenters. The van der Waals surface area contributed by atoms with E-state index in [9.17, 15) is 52.2 Å². The lowest BCUT2D eigenvalue weighted by Gasteiger charge is -2.12. The molecule has 2 aromatic heterocycles. The summed E-state index contributed by atoms with van der Waals surface area (Å²) < 4.78 is 52.6. The molecular formula is C75H73N7O17S. The highest BCUT2D eigenvalue weighted by molar-refractivity contribution is 7.92. The highest BCUT2D eigenvalue weighted by Crippen LogP contribution is 2.34. The van der Waals surface area contributed by atoms with Crippen molar-refractivity contribution in [3.8, 4) is 11.5 Å². The smallest absolute Gasteiger partial charge is 0.368 e. The number of sulfonamides is 1. The number of fused-ring (bicyclic) bond motifs is 2. The third-order valence-electron chi connectivity index (χ3n) is 16.5. The van der Waals surface area contributed by atoms with Gasteiger partial charge in [-0.1, -0.05) is 79.7 Å². The summed E-state index contributed by atoms with van der Waals surface area (Å²) in [6.07, 6.45) is 9.11. The zero-order valence-corrected chi connectivity index (χ0v) is 56.9. The number of aromatic nitrogens is 2. The van der Waals surface area contributed by atoms with Gasteiger partial charge in [0.15, 0.2) is 0 Å². The first-order chi connectivity index (χ1) is 47.9. The van der Waals surface area contributed by atoms with Crippen molar-refractivity contribution >= 4 is 114 Å². The molecule has 0 saturated heterocycles. The molecule has 4 heterocycles. The van der Waals surface area contributed by atoms with Crippen LogP contribution in [0.1, 0.15) is 119 Å². The van der Waals surface area contributed by atoms with Gasteiger partial charge >= 0.3 is 29.8 Å². The maximum absolute atomic E-state index is 13.2. The van der Waals surface area contributed by atoms with Crippen LogP contribution in [0.3, 0.4) is 0 Å². The van der Waals surface area contributed by atoms with E-state index in [-0.39, 0.29) is 80.7 Å². The minimum atomic E-state index is -4.07. The number of hydrogen-bond donors (Lipinski definition) is 5. The minimum Gasteiger partial charge on any atom is -0.508 e. The van der Waals surface area contributed by atoms with Crippen LogP contribution in [0.5, 0.6) is 11.5 Å². The Morgan fingerprint density at radius 1 is 0.660 bits per heavy atom. The predicted octanol–water partition coefficient (Wildman–Crippen LogP) is 12.5. The number of methoxy groups -OCH3 is 3. The van der Waals surface area contributed by atoms with Gasteiger partial charge < -0.3 is 53.6 Å². The number of oxime groups is 1. The molecule has 2 aliphatic heterocycles. The third-order valence-corrected chi connectivity index (χ3v) is 17.9. The number of carbonyl (C=O) groups excluding carboxylic acids is 6. The van der Waals surface area contributed by atoms with E-state index in [0.717, 1.165) is 51.3 Å². The van der Waals surface area contributed by atoms with E-state index in [0.29, 0.717) is 40.1 Å². The Morgan fingerprint density at radius 3 is 1.80 bits per heavy atom. The third kappa shape index (κ3) is 16.7. The number of anilines is 3. The van der Waals surface area contributed by atoms with Crippen molar-refractivity contribution in [3.05, 3.63) is 226 Å². The summed E-state index contributed by atoms with van der Waals surface area (Å²) in [7, 11) is 0.169. The fourth-order valence-corrected chi connectivity index (χ4v) is 11.9. The van der Waals surface area contributed by atoms with Crippen molar-refractivity contribution in [3.63, 3.8) is 0 Å². The number of hydrogen-bond acceptors (Lipinski definition) is 18. The van der Waals surface area contributed by atoms with Crippen LogP contribution in [0.15, 0.2) is 196 Å². The first-order valence-electron chi connectivity index (χ1n) is 31.6. The molecule has 0 saturated carbocycles. The highest BCUT2D eigenvalue weighted by Gasteiger charge is 2.31. The number of ether oxygens (including phenoxy) is 4. The molecule has 7 aromatic carbocycles. The molecule has 0 bridgehead atoms. The quantitative estimate of drug-likeness (QED) is 0.0111. The van der Waals surface area contributed by atoms with E-state index in [4.69, 9.17) is 28.9 Å². The van der Waals surface area contributed by atoms with Gasteiger partial charge in [0.2, 0.25) is 0 Å². The van der Waals surface area contributed by atoms with Gasteiger partial charge in [0.05, 0.1) is 71.2 Å². The summed E-state index contributed by atoms with van der Waals surface area (Å²) in [5.74, 6) is -3.84. The van der Waals surface area contributed by atoms with Crippen molar-refractivity contribution in [2.75, 3.05) is 43.0 Å². The molecule has 9 aromatic rings. The van der Waals surface area contributed by atoms with Gasteiger partial charge in [-0.3, -0.25) is 14.3 Å². The van der Waals surface area contributed by atoms with Crippen molar-refractivity contribution in [2.45, 2.75) is 83.9 Å². The summed E-state index contributed by atoms with van der Waals surface area (Å²) in [5.41, 5.74) is 8.85. The number of phenols is 2. The second-order valence-corrected chi connectivity index (χ2v) is 24.8. The molecule has 0 spiro atoms. The minimum absolute atomic E-state index is 0.0142. The number of aromatic hydroxyl groups is 2. The summed E-state index contributed by atoms with van der Waals surface area (Å²) in [5, 5.41) is 42.1. The average molecular weight is 1380 g/mol. The number of carbonyl (C=O) groups is 7. The molecule has 25 heteroatoms. The van der Waals surface area contributed by atoms with Gasteiger partial charge in [0.25, 0.3) is 21.8 Å². The van der Waals surface area contributed by atoms with Crippen molar-refractivity contribution in [2.24, 2.45) is 10.3 Å². The first-order valence-corrected chi connectivity index (χ1v) is 33.1. The van der Waals surface area contributed by atoms with Crippen LogP contribution in [0, 0.1) is 0 Å². The van der Waals surface area contributed by atoms with E-state index in [1.165, 1.54) is 86.0 Å². The van der Waals surface area contributed by atoms with Gasteiger partial charge in [-0.25, -0.2) is 32.4 Å². The molecule has 2 amide bonds. The molecule has 5 N–H and O–H groups in total. The number of carboxylic acid groups (broad SMARTS) is 1. The van der Waals surface area contributed by atoms with Crippen molar-refractivity contribution < 1.29 is 81.1 Å². The number of benzene rings is 7. The predicted molar refractivity (Wildman–Crippen MR) is 378 cm³/mol. The van der Waals surface area contributed by atoms with Crippen LogP contribution in [-0.2, 0) is 65.8 Å². The van der Waals surface area contributed by atoms with Gasteiger partial charge in [0, 0.05) is 81.7 Å². The Hall–Kier alpha value is -12.0. The summed E-state index contributed by atoms with van der Waals surface area (Å²) in [4.78, 5) is 91.0. The van der Waals surface area contributed by atoms with Gasteiger partial charge in [0.1, 0.15) is 29.3 Å². The van der Waals surface area contributed by atoms with E-state index in [2.05, 4.69) is 26.4 Å². The topological polar surface area (TPSA) is 322 Å². The normalized spacial score (nSPS) is 14.4. The molecule has 3 unspecified atom stereocenters. The average Bonchev–Trinajstić information content (AvgIpc) is 1.62. The zero-order chi connectivity index (χ0) is 72.1. The lowest BCUT2D eigenvalue weighted by Crippen LogP contribution is -2.21. The summed E-state index contributed by atoms with van der Waals surface area (Å²) in [6, 6.07) is 41.5. The van der Waals surface area contributed by atoms with Crippen LogP contribution < -0.4 is 15.0 Å². The van der Waals surface area contributed by atoms with Gasteiger partial charge in [-0.2, -0.15) is 10.1 Å². The van der Waals surface area contributed by atoms with Crippen LogP contribution in [0.4, 0.5) is 17.1 Å².